The lowest BCUT2D eigenvalue weighted by molar-refractivity contribution is -0.139. The van der Waals surface area contributed by atoms with Crippen molar-refractivity contribution >= 4 is 11.9 Å². The SMILES string of the molecule is O=C(O)CN(CC1CC1)C1CC(NC(=O)c2cnn(-c3ccccc3)n2)C1. The average molecular weight is 369 g/mol. The Labute approximate surface area is 157 Å². The van der Waals surface area contributed by atoms with Gasteiger partial charge in [0.05, 0.1) is 18.4 Å². The van der Waals surface area contributed by atoms with Gasteiger partial charge in [0.1, 0.15) is 0 Å². The molecule has 4 rings (SSSR count). The Kier molecular flexibility index (Phi) is 4.89. The first-order valence-corrected chi connectivity index (χ1v) is 9.33. The molecule has 0 unspecified atom stereocenters. The van der Waals surface area contributed by atoms with Crippen LogP contribution in [0.4, 0.5) is 0 Å². The van der Waals surface area contributed by atoms with Crippen molar-refractivity contribution in [3.8, 4) is 5.69 Å². The van der Waals surface area contributed by atoms with Crippen LogP contribution < -0.4 is 5.32 Å². The topological polar surface area (TPSA) is 100 Å². The Hall–Kier alpha value is -2.74. The summed E-state index contributed by atoms with van der Waals surface area (Å²) in [7, 11) is 0. The number of aromatic nitrogens is 3. The van der Waals surface area contributed by atoms with Crippen molar-refractivity contribution in [1.82, 2.24) is 25.2 Å². The lowest BCUT2D eigenvalue weighted by Crippen LogP contribution is -2.55. The number of carboxylic acid groups (broad SMARTS) is 1. The van der Waals surface area contributed by atoms with E-state index in [1.165, 1.54) is 23.8 Å². The number of carbonyl (C=O) groups excluding carboxylic acids is 1. The molecule has 2 aliphatic rings. The predicted molar refractivity (Wildman–Crippen MR) is 97.6 cm³/mol. The molecule has 0 spiro atoms. The number of carbonyl (C=O) groups is 2. The Morgan fingerprint density at radius 2 is 1.96 bits per heavy atom. The van der Waals surface area contributed by atoms with Crippen LogP contribution in [0.25, 0.3) is 5.69 Å². The highest BCUT2D eigenvalue weighted by atomic mass is 16.4. The number of nitrogens with one attached hydrogen (secondary N) is 1. The minimum absolute atomic E-state index is 0.0554. The second-order valence-corrected chi connectivity index (χ2v) is 7.42. The van der Waals surface area contributed by atoms with E-state index in [4.69, 9.17) is 5.11 Å². The van der Waals surface area contributed by atoms with Gasteiger partial charge in [0.15, 0.2) is 5.69 Å². The van der Waals surface area contributed by atoms with Gasteiger partial charge in [-0.25, -0.2) is 0 Å². The molecule has 1 aromatic carbocycles. The van der Waals surface area contributed by atoms with Crippen LogP contribution in [0.2, 0.25) is 0 Å². The molecule has 2 aliphatic carbocycles. The van der Waals surface area contributed by atoms with Crippen molar-refractivity contribution in [2.45, 2.75) is 37.8 Å². The molecule has 2 N–H and O–H groups in total. The Morgan fingerprint density at radius 1 is 1.22 bits per heavy atom. The monoisotopic (exact) mass is 369 g/mol. The zero-order chi connectivity index (χ0) is 18.8. The molecule has 2 fully saturated rings. The van der Waals surface area contributed by atoms with Gasteiger partial charge in [-0.1, -0.05) is 18.2 Å². The van der Waals surface area contributed by atoms with Gasteiger partial charge in [0.2, 0.25) is 0 Å². The van der Waals surface area contributed by atoms with Gasteiger partial charge in [-0.2, -0.15) is 9.90 Å². The van der Waals surface area contributed by atoms with Crippen LogP contribution >= 0.6 is 0 Å². The highest BCUT2D eigenvalue weighted by Crippen LogP contribution is 2.33. The van der Waals surface area contributed by atoms with Gasteiger partial charge in [-0.05, 0) is 43.7 Å². The average Bonchev–Trinajstić information content (AvgIpc) is 3.29. The third-order valence-electron chi connectivity index (χ3n) is 5.20. The quantitative estimate of drug-likeness (QED) is 0.728. The fourth-order valence-corrected chi connectivity index (χ4v) is 3.46. The lowest BCUT2D eigenvalue weighted by atomic mass is 9.85. The molecule has 27 heavy (non-hydrogen) atoms. The zero-order valence-electron chi connectivity index (χ0n) is 15.0. The molecule has 1 heterocycles. The van der Waals surface area contributed by atoms with Crippen LogP contribution in [-0.2, 0) is 4.79 Å². The van der Waals surface area contributed by atoms with Crippen molar-refractivity contribution in [2.75, 3.05) is 13.1 Å². The van der Waals surface area contributed by atoms with Crippen molar-refractivity contribution in [3.05, 3.63) is 42.2 Å². The summed E-state index contributed by atoms with van der Waals surface area (Å²) in [5.41, 5.74) is 1.08. The largest absolute Gasteiger partial charge is 0.480 e. The van der Waals surface area contributed by atoms with E-state index in [9.17, 15) is 9.59 Å². The maximum absolute atomic E-state index is 12.4. The maximum Gasteiger partial charge on any atom is 0.317 e. The van der Waals surface area contributed by atoms with Gasteiger partial charge in [-0.15, -0.1) is 5.10 Å². The number of para-hydroxylation sites is 1. The molecule has 0 atom stereocenters. The van der Waals surface area contributed by atoms with Crippen LogP contribution in [0.1, 0.15) is 36.2 Å². The first-order valence-electron chi connectivity index (χ1n) is 9.33. The summed E-state index contributed by atoms with van der Waals surface area (Å²) >= 11 is 0. The van der Waals surface area contributed by atoms with Crippen LogP contribution in [0.5, 0.6) is 0 Å². The molecular weight excluding hydrogens is 346 g/mol. The Morgan fingerprint density at radius 3 is 2.63 bits per heavy atom. The van der Waals surface area contributed by atoms with E-state index in [-0.39, 0.29) is 30.2 Å². The lowest BCUT2D eigenvalue weighted by Gasteiger charge is -2.42. The highest BCUT2D eigenvalue weighted by Gasteiger charge is 2.38. The second kappa shape index (κ2) is 7.48. The van der Waals surface area contributed by atoms with Gasteiger partial charge in [-0.3, -0.25) is 14.5 Å². The van der Waals surface area contributed by atoms with Crippen molar-refractivity contribution < 1.29 is 14.7 Å². The van der Waals surface area contributed by atoms with E-state index in [0.717, 1.165) is 25.1 Å². The van der Waals surface area contributed by atoms with E-state index < -0.39 is 5.97 Å². The van der Waals surface area contributed by atoms with E-state index in [2.05, 4.69) is 15.5 Å². The number of carboxylic acids is 1. The van der Waals surface area contributed by atoms with E-state index in [1.807, 2.05) is 35.2 Å². The first-order chi connectivity index (χ1) is 13.1. The Balaban J connectivity index is 1.30. The number of rotatable bonds is 8. The summed E-state index contributed by atoms with van der Waals surface area (Å²) in [5.74, 6) is -0.390. The van der Waals surface area contributed by atoms with Gasteiger partial charge in [0.25, 0.3) is 5.91 Å². The third-order valence-corrected chi connectivity index (χ3v) is 5.20. The normalized spacial score (nSPS) is 21.7. The fraction of sp³-hybridized carbons (Fsp3) is 0.474. The van der Waals surface area contributed by atoms with Crippen LogP contribution in [-0.4, -0.2) is 62.0 Å². The molecule has 1 amide bonds. The number of nitrogens with zero attached hydrogens (tertiary/aromatic N) is 4. The first kappa shape index (κ1) is 17.7. The minimum atomic E-state index is -0.791. The van der Waals surface area contributed by atoms with Crippen molar-refractivity contribution in [2.24, 2.45) is 5.92 Å². The van der Waals surface area contributed by atoms with Crippen molar-refractivity contribution in [1.29, 1.82) is 0 Å². The zero-order valence-corrected chi connectivity index (χ0v) is 15.0. The molecule has 2 aromatic rings. The molecule has 0 aliphatic heterocycles. The third kappa shape index (κ3) is 4.33. The number of amides is 1. The predicted octanol–water partition coefficient (Wildman–Crippen LogP) is 1.32. The summed E-state index contributed by atoms with van der Waals surface area (Å²) in [4.78, 5) is 27.0. The summed E-state index contributed by atoms with van der Waals surface area (Å²) in [6.45, 7) is 0.927. The molecular formula is C19H23N5O3. The van der Waals surface area contributed by atoms with Crippen molar-refractivity contribution in [3.63, 3.8) is 0 Å². The maximum atomic E-state index is 12.4. The van der Waals surface area contributed by atoms with Crippen LogP contribution in [0.3, 0.4) is 0 Å². The molecule has 8 heteroatoms. The summed E-state index contributed by atoms with van der Waals surface area (Å²) < 4.78 is 0. The van der Waals surface area contributed by atoms with Crippen LogP contribution in [0.15, 0.2) is 36.5 Å². The standard InChI is InChI=1S/C19H23N5O3/c25-18(26)12-23(11-13-6-7-13)16-8-14(9-16)21-19(27)17-10-20-24(22-17)15-4-2-1-3-5-15/h1-5,10,13-14,16H,6-9,11-12H2,(H,21,27)(H,25,26). The molecule has 8 nitrogen and oxygen atoms in total. The molecule has 0 saturated heterocycles. The number of hydrogen-bond acceptors (Lipinski definition) is 5. The number of aliphatic carboxylic acids is 1. The molecule has 0 bridgehead atoms. The minimum Gasteiger partial charge on any atom is -0.480 e. The van der Waals surface area contributed by atoms with E-state index >= 15 is 0 Å². The highest BCUT2D eigenvalue weighted by molar-refractivity contribution is 5.92. The van der Waals surface area contributed by atoms with E-state index in [1.54, 1.807) is 0 Å². The smallest absolute Gasteiger partial charge is 0.317 e. The number of benzene rings is 1. The van der Waals surface area contributed by atoms with E-state index in [0.29, 0.717) is 5.92 Å². The summed E-state index contributed by atoms with van der Waals surface area (Å²) in [5, 5.41) is 20.5. The fourth-order valence-electron chi connectivity index (χ4n) is 3.46. The number of hydrogen-bond donors (Lipinski definition) is 2. The second-order valence-electron chi connectivity index (χ2n) is 7.42. The molecule has 0 radical (unpaired) electrons. The molecule has 2 saturated carbocycles. The van der Waals surface area contributed by atoms with Gasteiger partial charge < -0.3 is 10.4 Å². The van der Waals surface area contributed by atoms with Crippen LogP contribution in [0, 0.1) is 5.92 Å². The Bertz CT molecular complexity index is 812. The van der Waals surface area contributed by atoms with Gasteiger partial charge >= 0.3 is 5.97 Å². The van der Waals surface area contributed by atoms with Gasteiger partial charge in [0, 0.05) is 18.6 Å². The summed E-state index contributed by atoms with van der Waals surface area (Å²) in [6, 6.07) is 9.70. The molecule has 1 aromatic heterocycles. The molecule has 142 valence electrons. The summed E-state index contributed by atoms with van der Waals surface area (Å²) in [6.07, 6.45) is 5.40.